The van der Waals surface area contributed by atoms with Crippen molar-refractivity contribution in [1.82, 2.24) is 9.80 Å². The molecule has 1 aliphatic carbocycles. The summed E-state index contributed by atoms with van der Waals surface area (Å²) in [4.78, 5) is 15.8. The molecule has 0 aromatic heterocycles. The highest BCUT2D eigenvalue weighted by Gasteiger charge is 2.36. The van der Waals surface area contributed by atoms with Gasteiger partial charge in [0.05, 0.1) is 18.8 Å². The summed E-state index contributed by atoms with van der Waals surface area (Å²) in [7, 11) is 3.57. The Kier molecular flexibility index (Phi) is 5.97. The standard InChI is InChI=1S/C20H31N3O2/c1-22(2)20(24)23-13-12-18(21)19(23)14-25-17-10-8-16(9-11-17)15-6-4-3-5-7-15/h3-7,16-19H,8-14,21H2,1-2H3. The summed E-state index contributed by atoms with van der Waals surface area (Å²) < 4.78 is 6.19. The zero-order valence-electron chi connectivity index (χ0n) is 15.4. The molecule has 1 aliphatic heterocycles. The van der Waals surface area contributed by atoms with E-state index >= 15 is 0 Å². The van der Waals surface area contributed by atoms with Crippen LogP contribution in [-0.4, -0.2) is 61.3 Å². The maximum Gasteiger partial charge on any atom is 0.319 e. The van der Waals surface area contributed by atoms with Crippen LogP contribution < -0.4 is 5.73 Å². The number of carbonyl (C=O) groups is 1. The number of amides is 2. The molecule has 5 nitrogen and oxygen atoms in total. The van der Waals surface area contributed by atoms with E-state index in [-0.39, 0.29) is 18.1 Å². The maximum atomic E-state index is 12.3. The van der Waals surface area contributed by atoms with Gasteiger partial charge in [-0.25, -0.2) is 4.79 Å². The maximum absolute atomic E-state index is 12.3. The van der Waals surface area contributed by atoms with E-state index in [2.05, 4.69) is 30.3 Å². The summed E-state index contributed by atoms with van der Waals surface area (Å²) in [5.74, 6) is 0.654. The molecule has 1 saturated heterocycles. The molecule has 1 saturated carbocycles. The number of carbonyl (C=O) groups excluding carboxylic acids is 1. The van der Waals surface area contributed by atoms with Crippen LogP contribution in [0, 0.1) is 0 Å². The number of likely N-dealkylation sites (tertiary alicyclic amines) is 1. The molecule has 1 aromatic carbocycles. The molecule has 0 bridgehead atoms. The molecule has 0 spiro atoms. The van der Waals surface area contributed by atoms with Gasteiger partial charge in [0.25, 0.3) is 0 Å². The van der Waals surface area contributed by atoms with Crippen LogP contribution in [0.5, 0.6) is 0 Å². The molecule has 3 rings (SSSR count). The van der Waals surface area contributed by atoms with E-state index in [1.165, 1.54) is 18.4 Å². The number of hydrogen-bond donors (Lipinski definition) is 1. The Morgan fingerprint density at radius 2 is 1.84 bits per heavy atom. The van der Waals surface area contributed by atoms with Crippen LogP contribution in [0.2, 0.25) is 0 Å². The predicted molar refractivity (Wildman–Crippen MR) is 99.6 cm³/mol. The number of urea groups is 1. The van der Waals surface area contributed by atoms with Crippen molar-refractivity contribution in [3.63, 3.8) is 0 Å². The second-order valence-corrected chi connectivity index (χ2v) is 7.61. The van der Waals surface area contributed by atoms with Gasteiger partial charge in [-0.05, 0) is 43.6 Å². The Balaban J connectivity index is 1.48. The summed E-state index contributed by atoms with van der Waals surface area (Å²) in [5.41, 5.74) is 7.67. The average Bonchev–Trinajstić information content (AvgIpc) is 3.01. The van der Waals surface area contributed by atoms with Crippen molar-refractivity contribution < 1.29 is 9.53 Å². The highest BCUT2D eigenvalue weighted by atomic mass is 16.5. The van der Waals surface area contributed by atoms with Crippen molar-refractivity contribution in [2.45, 2.75) is 56.2 Å². The Hall–Kier alpha value is -1.59. The van der Waals surface area contributed by atoms with Gasteiger partial charge in [-0.2, -0.15) is 0 Å². The number of hydrogen-bond acceptors (Lipinski definition) is 3. The molecule has 25 heavy (non-hydrogen) atoms. The molecule has 138 valence electrons. The van der Waals surface area contributed by atoms with Crippen molar-refractivity contribution in [3.05, 3.63) is 35.9 Å². The Bertz CT molecular complexity index is 555. The highest BCUT2D eigenvalue weighted by Crippen LogP contribution is 2.34. The molecule has 2 fully saturated rings. The van der Waals surface area contributed by atoms with Crippen LogP contribution in [-0.2, 0) is 4.74 Å². The average molecular weight is 345 g/mol. The van der Waals surface area contributed by atoms with Gasteiger partial charge >= 0.3 is 6.03 Å². The van der Waals surface area contributed by atoms with E-state index in [1.54, 1.807) is 19.0 Å². The first-order valence-electron chi connectivity index (χ1n) is 9.46. The molecule has 2 amide bonds. The lowest BCUT2D eigenvalue weighted by molar-refractivity contribution is -0.00135. The summed E-state index contributed by atoms with van der Waals surface area (Å²) in [5, 5.41) is 0. The van der Waals surface area contributed by atoms with Crippen LogP contribution in [0.1, 0.15) is 43.6 Å². The molecule has 2 unspecified atom stereocenters. The van der Waals surface area contributed by atoms with Crippen molar-refractivity contribution >= 4 is 6.03 Å². The predicted octanol–water partition coefficient (Wildman–Crippen LogP) is 2.81. The first-order valence-corrected chi connectivity index (χ1v) is 9.46. The molecule has 5 heteroatoms. The zero-order valence-corrected chi connectivity index (χ0v) is 15.4. The minimum Gasteiger partial charge on any atom is -0.376 e. The van der Waals surface area contributed by atoms with Gasteiger partial charge in [-0.3, -0.25) is 0 Å². The van der Waals surface area contributed by atoms with Crippen molar-refractivity contribution in [2.24, 2.45) is 5.73 Å². The number of nitrogens with zero attached hydrogens (tertiary/aromatic N) is 2. The van der Waals surface area contributed by atoms with Crippen molar-refractivity contribution in [2.75, 3.05) is 27.2 Å². The Labute approximate surface area is 151 Å². The van der Waals surface area contributed by atoms with Gasteiger partial charge in [0, 0.05) is 26.7 Å². The summed E-state index contributed by atoms with van der Waals surface area (Å²) in [6.45, 7) is 1.29. The van der Waals surface area contributed by atoms with Crippen LogP contribution >= 0.6 is 0 Å². The third-order valence-electron chi connectivity index (χ3n) is 5.67. The molecule has 2 atom stereocenters. The fourth-order valence-electron chi connectivity index (χ4n) is 4.11. The van der Waals surface area contributed by atoms with Gasteiger partial charge in [-0.1, -0.05) is 30.3 Å². The monoisotopic (exact) mass is 345 g/mol. The van der Waals surface area contributed by atoms with E-state index in [4.69, 9.17) is 10.5 Å². The number of benzene rings is 1. The fraction of sp³-hybridized carbons (Fsp3) is 0.650. The molecular weight excluding hydrogens is 314 g/mol. The van der Waals surface area contributed by atoms with Crippen LogP contribution in [0.25, 0.3) is 0 Å². The largest absolute Gasteiger partial charge is 0.376 e. The van der Waals surface area contributed by atoms with Gasteiger partial charge in [0.1, 0.15) is 0 Å². The topological polar surface area (TPSA) is 58.8 Å². The van der Waals surface area contributed by atoms with Crippen LogP contribution in [0.3, 0.4) is 0 Å². The lowest BCUT2D eigenvalue weighted by Gasteiger charge is -2.33. The number of nitrogens with two attached hydrogens (primary N) is 1. The first-order chi connectivity index (χ1) is 12.1. The molecule has 2 N–H and O–H groups in total. The molecule has 0 radical (unpaired) electrons. The molecular formula is C20H31N3O2. The van der Waals surface area contributed by atoms with E-state index in [9.17, 15) is 4.79 Å². The molecule has 2 aliphatic rings. The van der Waals surface area contributed by atoms with Gasteiger partial charge in [0.15, 0.2) is 0 Å². The van der Waals surface area contributed by atoms with Gasteiger partial charge < -0.3 is 20.3 Å². The molecule has 1 aromatic rings. The van der Waals surface area contributed by atoms with Gasteiger partial charge in [-0.15, -0.1) is 0 Å². The second-order valence-electron chi connectivity index (χ2n) is 7.61. The lowest BCUT2D eigenvalue weighted by atomic mass is 9.83. The summed E-state index contributed by atoms with van der Waals surface area (Å²) >= 11 is 0. The van der Waals surface area contributed by atoms with Crippen LogP contribution in [0.4, 0.5) is 4.79 Å². The number of rotatable bonds is 4. The first kappa shape index (κ1) is 18.2. The molecule has 1 heterocycles. The van der Waals surface area contributed by atoms with E-state index in [0.29, 0.717) is 18.6 Å². The zero-order chi connectivity index (χ0) is 17.8. The van der Waals surface area contributed by atoms with Crippen LogP contribution in [0.15, 0.2) is 30.3 Å². The van der Waals surface area contributed by atoms with E-state index in [1.807, 2.05) is 4.90 Å². The quantitative estimate of drug-likeness (QED) is 0.913. The second kappa shape index (κ2) is 8.19. The van der Waals surface area contributed by atoms with E-state index in [0.717, 1.165) is 25.8 Å². The van der Waals surface area contributed by atoms with E-state index < -0.39 is 0 Å². The minimum atomic E-state index is 0.00162. The third kappa shape index (κ3) is 4.33. The smallest absolute Gasteiger partial charge is 0.319 e. The third-order valence-corrected chi connectivity index (χ3v) is 5.67. The SMILES string of the molecule is CN(C)C(=O)N1CCC(N)C1COC1CCC(c2ccccc2)CC1. The summed E-state index contributed by atoms with van der Waals surface area (Å²) in [6, 6.07) is 10.8. The lowest BCUT2D eigenvalue weighted by Crippen LogP contribution is -2.49. The summed E-state index contributed by atoms with van der Waals surface area (Å²) in [6.07, 6.45) is 5.67. The Morgan fingerprint density at radius 3 is 2.48 bits per heavy atom. The number of ether oxygens (including phenoxy) is 1. The fourth-order valence-corrected chi connectivity index (χ4v) is 4.11. The Morgan fingerprint density at radius 1 is 1.16 bits per heavy atom. The van der Waals surface area contributed by atoms with Crippen molar-refractivity contribution in [3.8, 4) is 0 Å². The van der Waals surface area contributed by atoms with Gasteiger partial charge in [0.2, 0.25) is 0 Å². The minimum absolute atomic E-state index is 0.00162. The van der Waals surface area contributed by atoms with Crippen molar-refractivity contribution in [1.29, 1.82) is 0 Å². The normalized spacial score (nSPS) is 29.6. The highest BCUT2D eigenvalue weighted by molar-refractivity contribution is 5.74.